The molecule has 21 heavy (non-hydrogen) atoms. The standard InChI is InChI=1S/C13H20N6S.HI/c1-11-9-18-12(20-11)3-4-16-13(14-2)17-6-8-19-7-5-15-10-19;/h5,7,9-10H,3-4,6,8H2,1-2H3,(H2,14,16,17);1H. The summed E-state index contributed by atoms with van der Waals surface area (Å²) in [4.78, 5) is 13.8. The van der Waals surface area contributed by atoms with Crippen LogP contribution in [0.4, 0.5) is 0 Å². The number of hydrogen-bond acceptors (Lipinski definition) is 4. The Balaban J connectivity index is 0.00000220. The second-order valence-electron chi connectivity index (χ2n) is 4.34. The summed E-state index contributed by atoms with van der Waals surface area (Å²) in [5, 5.41) is 7.72. The molecule has 0 aliphatic heterocycles. The van der Waals surface area contributed by atoms with E-state index in [2.05, 4.69) is 32.5 Å². The molecule has 0 bridgehead atoms. The lowest BCUT2D eigenvalue weighted by Gasteiger charge is -2.11. The molecule has 2 heterocycles. The van der Waals surface area contributed by atoms with E-state index in [1.807, 2.05) is 23.3 Å². The maximum atomic E-state index is 4.34. The van der Waals surface area contributed by atoms with Gasteiger partial charge in [0.2, 0.25) is 0 Å². The van der Waals surface area contributed by atoms with Gasteiger partial charge in [0.05, 0.1) is 11.3 Å². The van der Waals surface area contributed by atoms with E-state index in [4.69, 9.17) is 0 Å². The van der Waals surface area contributed by atoms with Crippen LogP contribution < -0.4 is 10.6 Å². The Labute approximate surface area is 146 Å². The minimum absolute atomic E-state index is 0. The maximum absolute atomic E-state index is 4.34. The summed E-state index contributed by atoms with van der Waals surface area (Å²) >= 11 is 1.74. The van der Waals surface area contributed by atoms with E-state index in [0.29, 0.717) is 0 Å². The zero-order valence-electron chi connectivity index (χ0n) is 12.2. The molecular formula is C13H21IN6S. The minimum atomic E-state index is 0. The van der Waals surface area contributed by atoms with Crippen molar-refractivity contribution < 1.29 is 0 Å². The van der Waals surface area contributed by atoms with Crippen LogP contribution in [0.1, 0.15) is 9.88 Å². The highest BCUT2D eigenvalue weighted by Crippen LogP contribution is 2.10. The zero-order valence-corrected chi connectivity index (χ0v) is 15.4. The third-order valence-electron chi connectivity index (χ3n) is 2.75. The summed E-state index contributed by atoms with van der Waals surface area (Å²) < 4.78 is 2.03. The predicted octanol–water partition coefficient (Wildman–Crippen LogP) is 1.67. The maximum Gasteiger partial charge on any atom is 0.191 e. The van der Waals surface area contributed by atoms with Crippen molar-refractivity contribution in [1.29, 1.82) is 0 Å². The number of nitrogens with zero attached hydrogens (tertiary/aromatic N) is 4. The van der Waals surface area contributed by atoms with Crippen molar-refractivity contribution in [3.8, 4) is 0 Å². The molecule has 0 aromatic carbocycles. The van der Waals surface area contributed by atoms with Crippen LogP contribution in [-0.4, -0.2) is 40.6 Å². The van der Waals surface area contributed by atoms with Gasteiger partial charge in [0.25, 0.3) is 0 Å². The average molecular weight is 420 g/mol. The molecule has 0 spiro atoms. The summed E-state index contributed by atoms with van der Waals surface area (Å²) in [6, 6.07) is 0. The number of nitrogens with one attached hydrogen (secondary N) is 2. The van der Waals surface area contributed by atoms with Crippen LogP contribution in [-0.2, 0) is 13.0 Å². The minimum Gasteiger partial charge on any atom is -0.356 e. The third-order valence-corrected chi connectivity index (χ3v) is 3.72. The molecule has 0 saturated heterocycles. The van der Waals surface area contributed by atoms with Gasteiger partial charge in [-0.05, 0) is 6.92 Å². The Hall–Kier alpha value is -1.16. The molecule has 0 saturated carbocycles. The zero-order chi connectivity index (χ0) is 14.2. The molecular weight excluding hydrogens is 399 g/mol. The molecule has 2 aromatic heterocycles. The van der Waals surface area contributed by atoms with Gasteiger partial charge < -0.3 is 15.2 Å². The first-order chi connectivity index (χ1) is 9.78. The van der Waals surface area contributed by atoms with Crippen molar-refractivity contribution >= 4 is 41.3 Å². The highest BCUT2D eigenvalue weighted by molar-refractivity contribution is 14.0. The summed E-state index contributed by atoms with van der Waals surface area (Å²) in [5.74, 6) is 0.818. The Morgan fingerprint density at radius 3 is 2.81 bits per heavy atom. The quantitative estimate of drug-likeness (QED) is 0.424. The number of guanidine groups is 1. The van der Waals surface area contributed by atoms with E-state index in [9.17, 15) is 0 Å². The van der Waals surface area contributed by atoms with Gasteiger partial charge in [-0.3, -0.25) is 4.99 Å². The summed E-state index contributed by atoms with van der Waals surface area (Å²) in [6.45, 7) is 4.58. The summed E-state index contributed by atoms with van der Waals surface area (Å²) in [7, 11) is 1.78. The van der Waals surface area contributed by atoms with E-state index in [-0.39, 0.29) is 24.0 Å². The smallest absolute Gasteiger partial charge is 0.191 e. The number of thiazole rings is 1. The third kappa shape index (κ3) is 6.42. The van der Waals surface area contributed by atoms with E-state index < -0.39 is 0 Å². The topological polar surface area (TPSA) is 67.1 Å². The van der Waals surface area contributed by atoms with Crippen LogP contribution in [0.15, 0.2) is 29.9 Å². The number of aryl methyl sites for hydroxylation is 1. The Kier molecular flexibility index (Phi) is 8.28. The Morgan fingerprint density at radius 1 is 1.38 bits per heavy atom. The highest BCUT2D eigenvalue weighted by Gasteiger charge is 2.00. The van der Waals surface area contributed by atoms with Crippen molar-refractivity contribution in [1.82, 2.24) is 25.2 Å². The molecule has 116 valence electrons. The number of imidazole rings is 1. The molecule has 0 unspecified atom stereocenters. The Morgan fingerprint density at radius 2 is 2.19 bits per heavy atom. The molecule has 0 aliphatic rings. The number of aromatic nitrogens is 3. The van der Waals surface area contributed by atoms with Crippen molar-refractivity contribution in [3.63, 3.8) is 0 Å². The first-order valence-electron chi connectivity index (χ1n) is 6.59. The van der Waals surface area contributed by atoms with Crippen LogP contribution in [0.3, 0.4) is 0 Å². The fourth-order valence-corrected chi connectivity index (χ4v) is 2.53. The first-order valence-corrected chi connectivity index (χ1v) is 7.41. The van der Waals surface area contributed by atoms with Gasteiger partial charge in [0.15, 0.2) is 5.96 Å². The highest BCUT2D eigenvalue weighted by atomic mass is 127. The largest absolute Gasteiger partial charge is 0.356 e. The van der Waals surface area contributed by atoms with Crippen molar-refractivity contribution in [2.45, 2.75) is 19.9 Å². The van der Waals surface area contributed by atoms with Gasteiger partial charge >= 0.3 is 0 Å². The number of halogens is 1. The predicted molar refractivity (Wildman–Crippen MR) is 97.6 cm³/mol. The molecule has 2 rings (SSSR count). The monoisotopic (exact) mass is 420 g/mol. The first kappa shape index (κ1) is 17.9. The molecule has 2 aromatic rings. The molecule has 0 radical (unpaired) electrons. The molecule has 0 atom stereocenters. The number of rotatable bonds is 6. The SMILES string of the molecule is CN=C(NCCc1ncc(C)s1)NCCn1ccnc1.I. The second-order valence-corrected chi connectivity index (χ2v) is 5.66. The fraction of sp³-hybridized carbons (Fsp3) is 0.462. The second kappa shape index (κ2) is 9.72. The van der Waals surface area contributed by atoms with Gasteiger partial charge in [-0.2, -0.15) is 0 Å². The lowest BCUT2D eigenvalue weighted by Crippen LogP contribution is -2.39. The molecule has 6 nitrogen and oxygen atoms in total. The lowest BCUT2D eigenvalue weighted by molar-refractivity contribution is 0.661. The van der Waals surface area contributed by atoms with Crippen molar-refractivity contribution in [2.24, 2.45) is 4.99 Å². The number of aliphatic imine (C=N–C) groups is 1. The van der Waals surface area contributed by atoms with E-state index in [1.165, 1.54) is 4.88 Å². The van der Waals surface area contributed by atoms with Gasteiger partial charge in [-0.1, -0.05) is 0 Å². The van der Waals surface area contributed by atoms with E-state index in [0.717, 1.165) is 37.0 Å². The summed E-state index contributed by atoms with van der Waals surface area (Å²) in [6.07, 6.45) is 8.37. The van der Waals surface area contributed by atoms with Gasteiger partial charge in [0, 0.05) is 56.6 Å². The van der Waals surface area contributed by atoms with Crippen LogP contribution in [0, 0.1) is 6.92 Å². The van der Waals surface area contributed by atoms with Crippen molar-refractivity contribution in [2.75, 3.05) is 20.1 Å². The van der Waals surface area contributed by atoms with Crippen LogP contribution in [0.5, 0.6) is 0 Å². The van der Waals surface area contributed by atoms with E-state index in [1.54, 1.807) is 24.6 Å². The van der Waals surface area contributed by atoms with Gasteiger partial charge in [-0.25, -0.2) is 9.97 Å². The molecule has 0 aliphatic carbocycles. The molecule has 0 fully saturated rings. The lowest BCUT2D eigenvalue weighted by atomic mass is 10.4. The molecule has 2 N–H and O–H groups in total. The molecule has 0 amide bonds. The van der Waals surface area contributed by atoms with Crippen LogP contribution in [0.25, 0.3) is 0 Å². The van der Waals surface area contributed by atoms with Crippen molar-refractivity contribution in [3.05, 3.63) is 34.8 Å². The fourth-order valence-electron chi connectivity index (χ4n) is 1.75. The van der Waals surface area contributed by atoms with Gasteiger partial charge in [0.1, 0.15) is 0 Å². The normalized spacial score (nSPS) is 11.0. The Bertz CT molecular complexity index is 537. The van der Waals surface area contributed by atoms with Crippen LogP contribution in [0.2, 0.25) is 0 Å². The average Bonchev–Trinajstić information content (AvgIpc) is 3.09. The van der Waals surface area contributed by atoms with Gasteiger partial charge in [-0.15, -0.1) is 35.3 Å². The van der Waals surface area contributed by atoms with Crippen LogP contribution >= 0.6 is 35.3 Å². The number of hydrogen-bond donors (Lipinski definition) is 2. The summed E-state index contributed by atoms with van der Waals surface area (Å²) in [5.41, 5.74) is 0. The molecule has 8 heteroatoms. The van der Waals surface area contributed by atoms with E-state index >= 15 is 0 Å².